The molecule has 1 fully saturated rings. The summed E-state index contributed by atoms with van der Waals surface area (Å²) in [6, 6.07) is 9.70. The minimum absolute atomic E-state index is 0.0561. The molecule has 1 amide bonds. The van der Waals surface area contributed by atoms with E-state index < -0.39 is 5.38 Å². The number of ether oxygens (including phenoxy) is 1. The third kappa shape index (κ3) is 3.01. The van der Waals surface area contributed by atoms with Crippen LogP contribution in [0.5, 0.6) is 0 Å². The second-order valence-electron chi connectivity index (χ2n) is 5.20. The number of halogens is 1. The SMILES string of the molecule is Cc1ccc2cc(C(Cl)C(=O)N3CCOCC3)ccc2n1. The predicted octanol–water partition coefficient (Wildman–Crippen LogP) is 2.68. The maximum Gasteiger partial charge on any atom is 0.245 e. The first-order valence-corrected chi connectivity index (χ1v) is 7.47. The molecule has 21 heavy (non-hydrogen) atoms. The zero-order valence-electron chi connectivity index (χ0n) is 11.9. The van der Waals surface area contributed by atoms with Gasteiger partial charge in [0.25, 0.3) is 0 Å². The number of rotatable bonds is 2. The van der Waals surface area contributed by atoms with E-state index in [0.29, 0.717) is 26.3 Å². The molecule has 1 atom stereocenters. The zero-order valence-corrected chi connectivity index (χ0v) is 12.6. The number of morpholine rings is 1. The van der Waals surface area contributed by atoms with Gasteiger partial charge in [-0.25, -0.2) is 0 Å². The maximum atomic E-state index is 12.4. The number of aromatic nitrogens is 1. The summed E-state index contributed by atoms with van der Waals surface area (Å²) < 4.78 is 5.26. The summed E-state index contributed by atoms with van der Waals surface area (Å²) in [5, 5.41) is 0.340. The van der Waals surface area contributed by atoms with Crippen molar-refractivity contribution >= 4 is 28.4 Å². The van der Waals surface area contributed by atoms with Crippen LogP contribution in [0.15, 0.2) is 30.3 Å². The lowest BCUT2D eigenvalue weighted by atomic mass is 10.1. The van der Waals surface area contributed by atoms with Crippen molar-refractivity contribution in [2.24, 2.45) is 0 Å². The topological polar surface area (TPSA) is 42.4 Å². The molecule has 110 valence electrons. The van der Waals surface area contributed by atoms with E-state index in [1.54, 1.807) is 4.90 Å². The molecule has 4 nitrogen and oxygen atoms in total. The van der Waals surface area contributed by atoms with Crippen molar-refractivity contribution in [2.45, 2.75) is 12.3 Å². The molecule has 0 spiro atoms. The molecule has 1 unspecified atom stereocenters. The Hall–Kier alpha value is -1.65. The van der Waals surface area contributed by atoms with Crippen molar-refractivity contribution in [2.75, 3.05) is 26.3 Å². The van der Waals surface area contributed by atoms with Crippen LogP contribution in [0.4, 0.5) is 0 Å². The molecular formula is C16H17ClN2O2. The zero-order chi connectivity index (χ0) is 14.8. The minimum atomic E-state index is -0.659. The Balaban J connectivity index is 1.85. The van der Waals surface area contributed by atoms with Gasteiger partial charge in [0.15, 0.2) is 0 Å². The van der Waals surface area contributed by atoms with Gasteiger partial charge in [-0.3, -0.25) is 9.78 Å². The van der Waals surface area contributed by atoms with E-state index in [1.807, 2.05) is 37.3 Å². The van der Waals surface area contributed by atoms with Crippen LogP contribution in [0.3, 0.4) is 0 Å². The largest absolute Gasteiger partial charge is 0.378 e. The lowest BCUT2D eigenvalue weighted by Crippen LogP contribution is -2.42. The van der Waals surface area contributed by atoms with Crippen molar-refractivity contribution in [1.82, 2.24) is 9.88 Å². The van der Waals surface area contributed by atoms with Crippen molar-refractivity contribution in [3.8, 4) is 0 Å². The Labute approximate surface area is 128 Å². The Bertz CT molecular complexity index is 668. The summed E-state index contributed by atoms with van der Waals surface area (Å²) >= 11 is 6.37. The summed E-state index contributed by atoms with van der Waals surface area (Å²) in [5.74, 6) is -0.0561. The van der Waals surface area contributed by atoms with E-state index in [1.165, 1.54) is 0 Å². The number of nitrogens with zero attached hydrogens (tertiary/aromatic N) is 2. The number of amides is 1. The molecule has 1 aliphatic heterocycles. The van der Waals surface area contributed by atoms with Crippen LogP contribution in [0.2, 0.25) is 0 Å². The standard InChI is InChI=1S/C16H17ClN2O2/c1-11-2-3-12-10-13(4-5-14(12)18-11)15(17)16(20)19-6-8-21-9-7-19/h2-5,10,15H,6-9H2,1H3. The fraction of sp³-hybridized carbons (Fsp3) is 0.375. The second-order valence-corrected chi connectivity index (χ2v) is 5.64. The number of carbonyl (C=O) groups is 1. The van der Waals surface area contributed by atoms with Gasteiger partial charge in [0.05, 0.1) is 18.7 Å². The average Bonchev–Trinajstić information content (AvgIpc) is 2.53. The fourth-order valence-electron chi connectivity index (χ4n) is 2.49. The highest BCUT2D eigenvalue weighted by Crippen LogP contribution is 2.26. The predicted molar refractivity (Wildman–Crippen MR) is 82.5 cm³/mol. The smallest absolute Gasteiger partial charge is 0.245 e. The highest BCUT2D eigenvalue weighted by atomic mass is 35.5. The number of hydrogen-bond acceptors (Lipinski definition) is 3. The van der Waals surface area contributed by atoms with E-state index in [9.17, 15) is 4.79 Å². The number of hydrogen-bond donors (Lipinski definition) is 0. The number of fused-ring (bicyclic) bond motifs is 1. The molecule has 1 aromatic heterocycles. The molecule has 5 heteroatoms. The van der Waals surface area contributed by atoms with Gasteiger partial charge in [0, 0.05) is 24.2 Å². The summed E-state index contributed by atoms with van der Waals surface area (Å²) in [4.78, 5) is 18.6. The maximum absolute atomic E-state index is 12.4. The number of aryl methyl sites for hydroxylation is 1. The molecule has 2 aromatic rings. The first-order valence-electron chi connectivity index (χ1n) is 7.03. The van der Waals surface area contributed by atoms with Crippen molar-refractivity contribution in [3.63, 3.8) is 0 Å². The summed E-state index contributed by atoms with van der Waals surface area (Å²) in [6.45, 7) is 4.33. The van der Waals surface area contributed by atoms with Gasteiger partial charge in [-0.1, -0.05) is 12.1 Å². The molecule has 2 heterocycles. The molecule has 0 saturated carbocycles. The van der Waals surface area contributed by atoms with Crippen LogP contribution >= 0.6 is 11.6 Å². The van der Waals surface area contributed by atoms with E-state index in [-0.39, 0.29) is 5.91 Å². The normalized spacial score (nSPS) is 17.0. The third-order valence-electron chi connectivity index (χ3n) is 3.68. The Morgan fingerprint density at radius 3 is 2.81 bits per heavy atom. The summed E-state index contributed by atoms with van der Waals surface area (Å²) in [6.07, 6.45) is 0. The van der Waals surface area contributed by atoms with Gasteiger partial charge in [-0.05, 0) is 30.7 Å². The fourth-order valence-corrected chi connectivity index (χ4v) is 2.76. The lowest BCUT2D eigenvalue weighted by molar-refractivity contribution is -0.134. The average molecular weight is 305 g/mol. The second kappa shape index (κ2) is 6.00. The van der Waals surface area contributed by atoms with Crippen molar-refractivity contribution in [3.05, 3.63) is 41.6 Å². The van der Waals surface area contributed by atoms with Gasteiger partial charge in [-0.15, -0.1) is 11.6 Å². The monoisotopic (exact) mass is 304 g/mol. The van der Waals surface area contributed by atoms with Crippen molar-refractivity contribution < 1.29 is 9.53 Å². The lowest BCUT2D eigenvalue weighted by Gasteiger charge is -2.28. The molecule has 1 aromatic carbocycles. The van der Waals surface area contributed by atoms with Crippen LogP contribution in [0.1, 0.15) is 16.6 Å². The minimum Gasteiger partial charge on any atom is -0.378 e. The third-order valence-corrected chi connectivity index (χ3v) is 4.12. The molecule has 1 saturated heterocycles. The number of alkyl halides is 1. The van der Waals surface area contributed by atoms with Crippen LogP contribution < -0.4 is 0 Å². The van der Waals surface area contributed by atoms with E-state index >= 15 is 0 Å². The molecule has 0 radical (unpaired) electrons. The van der Waals surface area contributed by atoms with Crippen LogP contribution in [-0.2, 0) is 9.53 Å². The Morgan fingerprint density at radius 1 is 1.29 bits per heavy atom. The Morgan fingerprint density at radius 2 is 2.05 bits per heavy atom. The van der Waals surface area contributed by atoms with E-state index in [4.69, 9.17) is 16.3 Å². The number of pyridine rings is 1. The molecule has 0 bridgehead atoms. The van der Waals surface area contributed by atoms with Crippen LogP contribution in [0.25, 0.3) is 10.9 Å². The summed E-state index contributed by atoms with van der Waals surface area (Å²) in [7, 11) is 0. The molecule has 3 rings (SSSR count). The van der Waals surface area contributed by atoms with Gasteiger partial charge in [0.2, 0.25) is 5.91 Å². The first-order chi connectivity index (χ1) is 10.1. The van der Waals surface area contributed by atoms with Gasteiger partial charge in [-0.2, -0.15) is 0 Å². The highest BCUT2D eigenvalue weighted by molar-refractivity contribution is 6.30. The van der Waals surface area contributed by atoms with Gasteiger partial charge < -0.3 is 9.64 Å². The molecule has 1 aliphatic rings. The highest BCUT2D eigenvalue weighted by Gasteiger charge is 2.25. The molecule has 0 aliphatic carbocycles. The van der Waals surface area contributed by atoms with E-state index in [0.717, 1.165) is 22.2 Å². The Kier molecular flexibility index (Phi) is 4.08. The molecular weight excluding hydrogens is 288 g/mol. The van der Waals surface area contributed by atoms with E-state index in [2.05, 4.69) is 4.98 Å². The molecule has 0 N–H and O–H groups in total. The van der Waals surface area contributed by atoms with Gasteiger partial charge in [0.1, 0.15) is 5.38 Å². The first kappa shape index (κ1) is 14.3. The van der Waals surface area contributed by atoms with Crippen molar-refractivity contribution in [1.29, 1.82) is 0 Å². The van der Waals surface area contributed by atoms with Gasteiger partial charge >= 0.3 is 0 Å². The van der Waals surface area contributed by atoms with Crippen LogP contribution in [-0.4, -0.2) is 42.1 Å². The summed E-state index contributed by atoms with van der Waals surface area (Å²) in [5.41, 5.74) is 2.70. The number of carbonyl (C=O) groups excluding carboxylic acids is 1. The van der Waals surface area contributed by atoms with Crippen LogP contribution in [0, 0.1) is 6.92 Å². The number of benzene rings is 1. The quantitative estimate of drug-likeness (QED) is 0.801.